The van der Waals surface area contributed by atoms with Gasteiger partial charge in [-0.15, -0.1) is 5.10 Å². The summed E-state index contributed by atoms with van der Waals surface area (Å²) in [5, 5.41) is 16.9. The topological polar surface area (TPSA) is 60.6 Å². The second kappa shape index (κ2) is 7.56. The summed E-state index contributed by atoms with van der Waals surface area (Å²) in [5.41, 5.74) is 2.88. The predicted octanol–water partition coefficient (Wildman–Crippen LogP) is 2.26. The summed E-state index contributed by atoms with van der Waals surface area (Å²) >= 11 is 6.41. The zero-order chi connectivity index (χ0) is 15.2. The van der Waals surface area contributed by atoms with E-state index in [9.17, 15) is 0 Å². The van der Waals surface area contributed by atoms with Crippen LogP contribution in [0.4, 0.5) is 0 Å². The first kappa shape index (κ1) is 16.0. The lowest BCUT2D eigenvalue weighted by molar-refractivity contribution is 0.563. The summed E-state index contributed by atoms with van der Waals surface area (Å²) in [5.74, 6) is 0. The molecule has 2 heterocycles. The Bertz CT molecular complexity index is 574. The lowest BCUT2D eigenvalue weighted by atomic mass is 10.3. The number of aryl methyl sites for hydroxylation is 2. The predicted molar refractivity (Wildman–Crippen MR) is 83.4 cm³/mol. The Morgan fingerprint density at radius 3 is 2.76 bits per heavy atom. The molecule has 21 heavy (non-hydrogen) atoms. The number of hydrogen-bond acceptors (Lipinski definition) is 4. The normalized spacial score (nSPS) is 11.2. The minimum Gasteiger partial charge on any atom is -0.311 e. The highest BCUT2D eigenvalue weighted by atomic mass is 35.5. The van der Waals surface area contributed by atoms with E-state index < -0.39 is 0 Å². The minimum atomic E-state index is 0.598. The molecule has 2 aromatic rings. The van der Waals surface area contributed by atoms with Crippen LogP contribution < -0.4 is 5.32 Å². The molecule has 2 aromatic heterocycles. The first-order valence-corrected chi connectivity index (χ1v) is 7.91. The van der Waals surface area contributed by atoms with Crippen molar-refractivity contribution in [1.29, 1.82) is 0 Å². The van der Waals surface area contributed by atoms with Crippen molar-refractivity contribution in [2.75, 3.05) is 6.54 Å². The Balaban J connectivity index is 2.09. The van der Waals surface area contributed by atoms with Crippen molar-refractivity contribution in [3.63, 3.8) is 0 Å². The number of hydrogen-bond donors (Lipinski definition) is 1. The van der Waals surface area contributed by atoms with Gasteiger partial charge in [0.05, 0.1) is 34.8 Å². The van der Waals surface area contributed by atoms with Gasteiger partial charge in [-0.25, -0.2) is 4.68 Å². The Morgan fingerprint density at radius 1 is 1.29 bits per heavy atom. The SMILES string of the molecule is CCCNCc1cn(Cc2c(Cl)c(CC)nn2CC)nn1. The molecule has 1 N–H and O–H groups in total. The summed E-state index contributed by atoms with van der Waals surface area (Å²) in [4.78, 5) is 0. The fraction of sp³-hybridized carbons (Fsp3) is 0.643. The van der Waals surface area contributed by atoms with Crippen LogP contribution in [0.15, 0.2) is 6.20 Å². The largest absolute Gasteiger partial charge is 0.311 e. The summed E-state index contributed by atoms with van der Waals surface area (Å²) in [6, 6.07) is 0. The summed E-state index contributed by atoms with van der Waals surface area (Å²) in [7, 11) is 0. The minimum absolute atomic E-state index is 0.598. The van der Waals surface area contributed by atoms with Gasteiger partial charge < -0.3 is 5.32 Å². The molecule has 0 radical (unpaired) electrons. The highest BCUT2D eigenvalue weighted by molar-refractivity contribution is 6.31. The monoisotopic (exact) mass is 310 g/mol. The van der Waals surface area contributed by atoms with Gasteiger partial charge >= 0.3 is 0 Å². The van der Waals surface area contributed by atoms with Crippen molar-refractivity contribution in [3.8, 4) is 0 Å². The van der Waals surface area contributed by atoms with Crippen molar-refractivity contribution in [2.24, 2.45) is 0 Å². The maximum absolute atomic E-state index is 6.41. The van der Waals surface area contributed by atoms with Gasteiger partial charge in [-0.1, -0.05) is 30.7 Å². The molecule has 0 saturated heterocycles. The molecular formula is C14H23ClN6. The van der Waals surface area contributed by atoms with Gasteiger partial charge in [0, 0.05) is 13.1 Å². The molecule has 116 valence electrons. The average molecular weight is 311 g/mol. The van der Waals surface area contributed by atoms with E-state index in [4.69, 9.17) is 11.6 Å². The van der Waals surface area contributed by atoms with Gasteiger partial charge in [0.15, 0.2) is 0 Å². The molecule has 6 nitrogen and oxygen atoms in total. The first-order chi connectivity index (χ1) is 10.2. The lowest BCUT2D eigenvalue weighted by Gasteiger charge is -2.04. The number of aromatic nitrogens is 5. The molecule has 7 heteroatoms. The smallest absolute Gasteiger partial charge is 0.0964 e. The number of nitrogens with one attached hydrogen (secondary N) is 1. The van der Waals surface area contributed by atoms with E-state index in [2.05, 4.69) is 41.5 Å². The third-order valence-corrected chi connectivity index (χ3v) is 3.76. The van der Waals surface area contributed by atoms with E-state index in [0.717, 1.165) is 54.6 Å². The van der Waals surface area contributed by atoms with Gasteiger partial charge in [0.25, 0.3) is 0 Å². The summed E-state index contributed by atoms with van der Waals surface area (Å²) < 4.78 is 3.76. The zero-order valence-electron chi connectivity index (χ0n) is 12.9. The Hall–Kier alpha value is -1.40. The van der Waals surface area contributed by atoms with E-state index in [0.29, 0.717) is 6.54 Å². The Morgan fingerprint density at radius 2 is 2.10 bits per heavy atom. The molecule has 0 aliphatic rings. The molecule has 0 aromatic carbocycles. The van der Waals surface area contributed by atoms with Crippen molar-refractivity contribution in [2.45, 2.75) is 53.2 Å². The molecule has 0 aliphatic heterocycles. The van der Waals surface area contributed by atoms with Gasteiger partial charge in [0.2, 0.25) is 0 Å². The average Bonchev–Trinajstić information content (AvgIpc) is 3.05. The summed E-state index contributed by atoms with van der Waals surface area (Å²) in [6.45, 7) is 9.40. The number of halogens is 1. The third kappa shape index (κ3) is 3.83. The van der Waals surface area contributed by atoms with Gasteiger partial charge in [-0.2, -0.15) is 5.10 Å². The lowest BCUT2D eigenvalue weighted by Crippen LogP contribution is -2.14. The van der Waals surface area contributed by atoms with Gasteiger partial charge in [0.1, 0.15) is 0 Å². The molecule has 0 saturated carbocycles. The molecule has 0 fully saturated rings. The quantitative estimate of drug-likeness (QED) is 0.760. The standard InChI is InChI=1S/C14H23ClN6/c1-4-7-16-8-11-9-20(19-17-11)10-13-14(15)12(5-2)18-21(13)6-3/h9,16H,4-8,10H2,1-3H3. The number of nitrogens with zero attached hydrogens (tertiary/aromatic N) is 5. The molecule has 0 spiro atoms. The second-order valence-electron chi connectivity index (χ2n) is 4.96. The van der Waals surface area contributed by atoms with Crippen LogP contribution >= 0.6 is 11.6 Å². The van der Waals surface area contributed by atoms with Crippen LogP contribution in [-0.4, -0.2) is 31.3 Å². The van der Waals surface area contributed by atoms with Crippen LogP contribution in [0.25, 0.3) is 0 Å². The summed E-state index contributed by atoms with van der Waals surface area (Å²) in [6.07, 6.45) is 3.90. The third-order valence-electron chi connectivity index (χ3n) is 3.32. The van der Waals surface area contributed by atoms with Crippen molar-refractivity contribution in [1.82, 2.24) is 30.1 Å². The Labute approximate surface area is 130 Å². The fourth-order valence-electron chi connectivity index (χ4n) is 2.21. The second-order valence-corrected chi connectivity index (χ2v) is 5.34. The van der Waals surface area contributed by atoms with Crippen molar-refractivity contribution in [3.05, 3.63) is 28.3 Å². The van der Waals surface area contributed by atoms with Crippen LogP contribution in [0.5, 0.6) is 0 Å². The van der Waals surface area contributed by atoms with E-state index in [-0.39, 0.29) is 0 Å². The molecule has 0 aliphatic carbocycles. The van der Waals surface area contributed by atoms with Crippen LogP contribution in [0.2, 0.25) is 5.02 Å². The van der Waals surface area contributed by atoms with Crippen molar-refractivity contribution >= 4 is 11.6 Å². The highest BCUT2D eigenvalue weighted by Crippen LogP contribution is 2.22. The maximum Gasteiger partial charge on any atom is 0.0964 e. The van der Waals surface area contributed by atoms with Crippen LogP contribution in [0.3, 0.4) is 0 Å². The molecule has 0 bridgehead atoms. The molecule has 0 atom stereocenters. The maximum atomic E-state index is 6.41. The highest BCUT2D eigenvalue weighted by Gasteiger charge is 2.15. The van der Waals surface area contributed by atoms with E-state index >= 15 is 0 Å². The van der Waals surface area contributed by atoms with E-state index in [1.165, 1.54) is 0 Å². The molecule has 0 unspecified atom stereocenters. The van der Waals surface area contributed by atoms with E-state index in [1.807, 2.05) is 15.6 Å². The fourth-order valence-corrected chi connectivity index (χ4v) is 2.54. The molecular weight excluding hydrogens is 288 g/mol. The molecule has 0 amide bonds. The van der Waals surface area contributed by atoms with Crippen molar-refractivity contribution < 1.29 is 0 Å². The molecule has 2 rings (SSSR count). The Kier molecular flexibility index (Phi) is 5.76. The van der Waals surface area contributed by atoms with Gasteiger partial charge in [-0.3, -0.25) is 4.68 Å². The van der Waals surface area contributed by atoms with Crippen LogP contribution in [-0.2, 0) is 26.1 Å². The van der Waals surface area contributed by atoms with Gasteiger partial charge in [-0.05, 0) is 26.3 Å². The van der Waals surface area contributed by atoms with Crippen LogP contribution in [0.1, 0.15) is 44.3 Å². The van der Waals surface area contributed by atoms with Crippen LogP contribution in [0, 0.1) is 0 Å². The zero-order valence-corrected chi connectivity index (χ0v) is 13.7. The van der Waals surface area contributed by atoms with E-state index in [1.54, 1.807) is 0 Å². The number of rotatable bonds is 8. The first-order valence-electron chi connectivity index (χ1n) is 7.53.